The molecule has 0 spiro atoms. The van der Waals surface area contributed by atoms with Gasteiger partial charge in [-0.05, 0) is 265 Å². The van der Waals surface area contributed by atoms with Gasteiger partial charge < -0.3 is 38.4 Å². The molecule has 12 aromatic rings. The van der Waals surface area contributed by atoms with Crippen LogP contribution in [0.2, 0.25) is 0 Å². The first-order chi connectivity index (χ1) is 49.5. The fourth-order valence-electron chi connectivity index (χ4n) is 13.5. The Morgan fingerprint density at radius 1 is 0.437 bits per heavy atom. The van der Waals surface area contributed by atoms with Crippen LogP contribution in [0.15, 0.2) is 221 Å². The van der Waals surface area contributed by atoms with Gasteiger partial charge in [0.15, 0.2) is 5.78 Å². The van der Waals surface area contributed by atoms with E-state index >= 15 is 0 Å². The highest BCUT2D eigenvalue weighted by Crippen LogP contribution is 2.43. The van der Waals surface area contributed by atoms with Gasteiger partial charge in [0.25, 0.3) is 16.7 Å². The number of carbonyl (C=O) groups is 1. The molecule has 3 saturated carbocycles. The van der Waals surface area contributed by atoms with Crippen molar-refractivity contribution in [2.24, 2.45) is 10.9 Å². The van der Waals surface area contributed by atoms with Crippen molar-refractivity contribution in [1.82, 2.24) is 42.4 Å². The van der Waals surface area contributed by atoms with Crippen molar-refractivity contribution in [3.8, 4) is 17.1 Å². The molecule has 6 aromatic carbocycles. The maximum atomic E-state index is 13.7. The topological polar surface area (TPSA) is 195 Å². The van der Waals surface area contributed by atoms with E-state index in [1.165, 1.54) is 36.4 Å². The lowest BCUT2D eigenvalue weighted by Crippen LogP contribution is -2.30. The van der Waals surface area contributed by atoms with Gasteiger partial charge in [-0.3, -0.25) is 19.2 Å². The second-order valence-corrected chi connectivity index (χ2v) is 27.8. The number of carbonyl (C=O) groups excluding carboxylic acids is 1. The predicted octanol–water partition coefficient (Wildman–Crippen LogP) is 15.9. The number of hydrogen-bond acceptors (Lipinski definition) is 10. The van der Waals surface area contributed by atoms with Crippen LogP contribution in [0, 0.1) is 59.0 Å². The number of hydrazone groups is 1. The van der Waals surface area contributed by atoms with Crippen LogP contribution in [-0.2, 0) is 0 Å². The molecule has 0 amide bonds. The summed E-state index contributed by atoms with van der Waals surface area (Å²) in [7, 11) is 0. The maximum Gasteiger partial charge on any atom is 0.262 e. The van der Waals surface area contributed by atoms with E-state index in [9.17, 15) is 37.5 Å². The van der Waals surface area contributed by atoms with Crippen LogP contribution < -0.4 is 22.5 Å². The molecule has 0 radical (unpaired) electrons. The minimum atomic E-state index is -1.05. The third-order valence-electron chi connectivity index (χ3n) is 20.0. The van der Waals surface area contributed by atoms with Gasteiger partial charge in [-0.25, -0.2) is 28.1 Å². The summed E-state index contributed by atoms with van der Waals surface area (Å²) >= 11 is 0. The second kappa shape index (κ2) is 29.3. The molecular weight excluding hydrogens is 1300 g/mol. The Hall–Kier alpha value is -11.3. The number of aliphatic hydroxyl groups is 1. The second-order valence-electron chi connectivity index (χ2n) is 27.8. The number of benzene rings is 6. The largest absolute Gasteiger partial charge is 0.383 e. The molecule has 16 nitrogen and oxygen atoms in total. The van der Waals surface area contributed by atoms with Crippen molar-refractivity contribution in [2.75, 3.05) is 0 Å². The van der Waals surface area contributed by atoms with Crippen molar-refractivity contribution in [1.29, 1.82) is 0 Å². The van der Waals surface area contributed by atoms with Gasteiger partial charge in [0.2, 0.25) is 0 Å². The number of hydrogen-bond donors (Lipinski definition) is 2. The Kier molecular flexibility index (Phi) is 20.0. The quantitative estimate of drug-likeness (QED) is 0.0364. The van der Waals surface area contributed by atoms with Crippen LogP contribution in [0.1, 0.15) is 207 Å². The fourth-order valence-corrected chi connectivity index (χ4v) is 13.5. The summed E-state index contributed by atoms with van der Waals surface area (Å²) in [5.41, 5.74) is 16.9. The van der Waals surface area contributed by atoms with Crippen LogP contribution in [0.25, 0.3) is 17.1 Å². The summed E-state index contributed by atoms with van der Waals surface area (Å²) in [6.07, 6.45) is 22.2. The van der Waals surface area contributed by atoms with E-state index < -0.39 is 6.10 Å². The number of halogens is 3. The standard InChI is InChI=1S/C28H28FN5O.C28H28FN3O2.C28H26FN3O2/c1-17-12-22(8-11-26(17)33-14-18(2)31-16-33)27(32-30)25-13-23(21-4-5-21)15-34(28(25)35)19(3)20-6-9-24(29)10-7-20;2*1-17-12-22(8-11-26(17)31-14-18(2)30-16-31)27(33)25-13-23(21-4-5-21)15-32(28(25)34)19(3)20-6-9-24(29)10-7-20/h6-16,19,21H,4-5,30H2,1-3H3;6-16,19,21,27,33H,4-5H2,1-3H3;6-16,19,21H,4-5H2,1-3H3/b32-27+;;. The van der Waals surface area contributed by atoms with E-state index in [-0.39, 0.29) is 63.6 Å². The van der Waals surface area contributed by atoms with Gasteiger partial charge in [-0.15, -0.1) is 0 Å². The maximum absolute atomic E-state index is 13.7. The van der Waals surface area contributed by atoms with E-state index in [0.29, 0.717) is 45.7 Å². The van der Waals surface area contributed by atoms with Crippen molar-refractivity contribution in [3.05, 3.63) is 351 Å². The molecule has 0 bridgehead atoms. The van der Waals surface area contributed by atoms with Gasteiger partial charge in [-0.1, -0.05) is 54.6 Å². The molecule has 524 valence electrons. The summed E-state index contributed by atoms with van der Waals surface area (Å²) in [6.45, 7) is 17.5. The summed E-state index contributed by atoms with van der Waals surface area (Å²) in [4.78, 5) is 67.2. The molecule has 3 fully saturated rings. The van der Waals surface area contributed by atoms with Gasteiger partial charge in [0, 0.05) is 65.4 Å². The lowest BCUT2D eigenvalue weighted by Gasteiger charge is -2.21. The fraction of sp³-hybridized carbons (Fsp3) is 0.262. The lowest BCUT2D eigenvalue weighted by molar-refractivity contribution is 0.103. The molecule has 0 aliphatic heterocycles. The molecule has 3 aliphatic rings. The number of aliphatic hydroxyl groups excluding tert-OH is 1. The van der Waals surface area contributed by atoms with E-state index in [2.05, 4.69) is 20.1 Å². The average Bonchev–Trinajstić information content (AvgIpc) is 1.67. The molecule has 4 atom stereocenters. The van der Waals surface area contributed by atoms with Crippen molar-refractivity contribution >= 4 is 11.5 Å². The van der Waals surface area contributed by atoms with Crippen LogP contribution in [-0.4, -0.2) is 59.0 Å². The summed E-state index contributed by atoms with van der Waals surface area (Å²) in [5, 5.41) is 15.4. The molecule has 3 N–H and O–H groups in total. The van der Waals surface area contributed by atoms with Crippen LogP contribution in [0.3, 0.4) is 0 Å². The first-order valence-corrected chi connectivity index (χ1v) is 34.9. The number of imidazole rings is 3. The van der Waals surface area contributed by atoms with Gasteiger partial charge in [0.05, 0.1) is 70.9 Å². The molecular formula is C84H82F3N11O5. The molecule has 15 rings (SSSR count). The molecule has 0 saturated heterocycles. The first-order valence-electron chi connectivity index (χ1n) is 34.9. The Labute approximate surface area is 595 Å². The SMILES string of the molecule is Cc1cn(-c2ccc(/C(=N\N)c3cc(C4CC4)cn(C(C)c4ccc(F)cc4)c3=O)cc2C)cn1.Cc1cn(-c2ccc(C(=O)c3cc(C4CC4)cn(C(C)c4ccc(F)cc4)c3=O)cc2C)cn1.Cc1cn(-c2ccc(C(O)c3cc(C4CC4)cn(C(C)c4ccc(F)cc4)c3=O)cc2C)cn1. The zero-order valence-corrected chi connectivity index (χ0v) is 59.1. The van der Waals surface area contributed by atoms with E-state index in [1.54, 1.807) is 81.2 Å². The highest BCUT2D eigenvalue weighted by molar-refractivity contribution is 6.13. The molecule has 3 aliphatic carbocycles. The van der Waals surface area contributed by atoms with Gasteiger partial charge in [-0.2, -0.15) is 5.10 Å². The first kappa shape index (κ1) is 70.1. The summed E-state index contributed by atoms with van der Waals surface area (Å²) in [5.74, 6) is 5.86. The zero-order valence-electron chi connectivity index (χ0n) is 59.1. The molecule has 6 aromatic heterocycles. The van der Waals surface area contributed by atoms with Gasteiger partial charge >= 0.3 is 0 Å². The van der Waals surface area contributed by atoms with E-state index in [0.717, 1.165) is 128 Å². The smallest absolute Gasteiger partial charge is 0.262 e. The van der Waals surface area contributed by atoms with Crippen molar-refractivity contribution in [3.63, 3.8) is 0 Å². The van der Waals surface area contributed by atoms with Crippen molar-refractivity contribution < 1.29 is 23.1 Å². The normalized spacial score (nSPS) is 14.8. The predicted molar refractivity (Wildman–Crippen MR) is 395 cm³/mol. The number of rotatable bonds is 18. The van der Waals surface area contributed by atoms with Crippen molar-refractivity contribution in [2.45, 2.75) is 143 Å². The molecule has 103 heavy (non-hydrogen) atoms. The van der Waals surface area contributed by atoms with Crippen LogP contribution in [0.4, 0.5) is 13.2 Å². The average molecular weight is 1380 g/mol. The Bertz CT molecular complexity index is 5380. The third-order valence-corrected chi connectivity index (χ3v) is 20.0. The van der Waals surface area contributed by atoms with E-state index in [1.807, 2.05) is 174 Å². The summed E-state index contributed by atoms with van der Waals surface area (Å²) < 4.78 is 51.2. The highest BCUT2D eigenvalue weighted by atomic mass is 19.1. The highest BCUT2D eigenvalue weighted by Gasteiger charge is 2.32. The molecule has 19 heteroatoms. The Balaban J connectivity index is 0.000000138. The minimum Gasteiger partial charge on any atom is -0.383 e. The number of ketones is 1. The zero-order chi connectivity index (χ0) is 72.7. The molecule has 4 unspecified atom stereocenters. The lowest BCUT2D eigenvalue weighted by atomic mass is 9.97. The Morgan fingerprint density at radius 3 is 1.15 bits per heavy atom. The third kappa shape index (κ3) is 15.3. The number of nitrogens with two attached hydrogens (primary N) is 1. The molecule has 6 heterocycles. The van der Waals surface area contributed by atoms with Gasteiger partial charge in [0.1, 0.15) is 29.3 Å². The van der Waals surface area contributed by atoms with E-state index in [4.69, 9.17) is 5.84 Å². The van der Waals surface area contributed by atoms with Crippen LogP contribution >= 0.6 is 0 Å². The minimum absolute atomic E-state index is 0.170. The summed E-state index contributed by atoms with van der Waals surface area (Å²) in [6, 6.07) is 40.4. The number of aryl methyl sites for hydroxylation is 6. The monoisotopic (exact) mass is 1380 g/mol. The van der Waals surface area contributed by atoms with Crippen LogP contribution in [0.5, 0.6) is 0 Å². The number of pyridine rings is 3. The number of aromatic nitrogens is 9. The number of nitrogens with zero attached hydrogens (tertiary/aromatic N) is 10. The Morgan fingerprint density at radius 2 is 0.777 bits per heavy atom.